The van der Waals surface area contributed by atoms with Crippen molar-refractivity contribution in [2.24, 2.45) is 4.99 Å². The van der Waals surface area contributed by atoms with Gasteiger partial charge in [-0.05, 0) is 24.5 Å². The maximum atomic E-state index is 11.1. The number of rotatable bonds is 3. The lowest BCUT2D eigenvalue weighted by atomic mass is 10.1. The average molecular weight is 282 g/mol. The van der Waals surface area contributed by atoms with Crippen LogP contribution >= 0.6 is 11.8 Å². The van der Waals surface area contributed by atoms with E-state index in [9.17, 15) is 9.90 Å². The number of aliphatic imine (C=N–C) groups is 1. The first kappa shape index (κ1) is 15.0. The molecular formula is C12H14N2O4S. The zero-order valence-electron chi connectivity index (χ0n) is 10.8. The number of amides is 1. The Hall–Kier alpha value is -2.02. The molecule has 1 aromatic carbocycles. The Labute approximate surface area is 115 Å². The zero-order valence-corrected chi connectivity index (χ0v) is 11.6. The van der Waals surface area contributed by atoms with E-state index in [-0.39, 0.29) is 22.3 Å². The highest BCUT2D eigenvalue weighted by molar-refractivity contribution is 8.15. The number of methoxy groups -OCH3 is 2. The summed E-state index contributed by atoms with van der Waals surface area (Å²) in [6, 6.07) is 4.46. The summed E-state index contributed by atoms with van der Waals surface area (Å²) in [5.74, 6) is 0.232. The fourth-order valence-electron chi connectivity index (χ4n) is 1.29. The lowest BCUT2D eigenvalue weighted by Gasteiger charge is -2.08. The number of hydrogen-bond donors (Lipinski definition) is 2. The van der Waals surface area contributed by atoms with Crippen molar-refractivity contribution in [3.05, 3.63) is 23.8 Å². The Balaban J connectivity index is 3.11. The van der Waals surface area contributed by atoms with Gasteiger partial charge in [0.05, 0.1) is 19.9 Å². The van der Waals surface area contributed by atoms with Crippen molar-refractivity contribution in [1.29, 1.82) is 5.41 Å². The SMILES string of the molecule is COC(=O)N=C(SC)C(=N)c1ccc(O)c(OC)c1. The van der Waals surface area contributed by atoms with E-state index in [0.717, 1.165) is 11.8 Å². The number of aromatic hydroxyl groups is 1. The first-order valence-electron chi connectivity index (χ1n) is 5.20. The fraction of sp³-hybridized carbons (Fsp3) is 0.250. The van der Waals surface area contributed by atoms with Gasteiger partial charge >= 0.3 is 6.09 Å². The molecule has 1 aromatic rings. The molecule has 0 unspecified atom stereocenters. The molecule has 0 saturated carbocycles. The van der Waals surface area contributed by atoms with Gasteiger partial charge in [-0.25, -0.2) is 4.79 Å². The van der Waals surface area contributed by atoms with Gasteiger partial charge in [-0.15, -0.1) is 11.8 Å². The second-order valence-electron chi connectivity index (χ2n) is 3.35. The summed E-state index contributed by atoms with van der Waals surface area (Å²) in [6.07, 6.45) is 0.938. The molecule has 0 saturated heterocycles. The molecular weight excluding hydrogens is 268 g/mol. The standard InChI is InChI=1S/C12H14N2O4S/c1-17-9-6-7(4-5-8(9)15)10(13)11(19-3)14-12(16)18-2/h4-6,13,15H,1-3H3. The summed E-state index contributed by atoms with van der Waals surface area (Å²) in [4.78, 5) is 14.8. The highest BCUT2D eigenvalue weighted by Gasteiger charge is 2.13. The van der Waals surface area contributed by atoms with Crippen LogP contribution in [0.5, 0.6) is 11.5 Å². The largest absolute Gasteiger partial charge is 0.504 e. The van der Waals surface area contributed by atoms with Crippen molar-refractivity contribution in [3.8, 4) is 11.5 Å². The molecule has 0 bridgehead atoms. The van der Waals surface area contributed by atoms with Gasteiger partial charge in [-0.3, -0.25) is 5.41 Å². The van der Waals surface area contributed by atoms with Crippen LogP contribution in [0.4, 0.5) is 4.79 Å². The number of ether oxygens (including phenoxy) is 2. The van der Waals surface area contributed by atoms with Gasteiger partial charge in [-0.1, -0.05) is 0 Å². The molecule has 1 rings (SSSR count). The zero-order chi connectivity index (χ0) is 14.4. The van der Waals surface area contributed by atoms with E-state index in [1.807, 2.05) is 0 Å². The van der Waals surface area contributed by atoms with E-state index < -0.39 is 6.09 Å². The van der Waals surface area contributed by atoms with Crippen LogP contribution in [-0.4, -0.2) is 42.4 Å². The molecule has 0 atom stereocenters. The van der Waals surface area contributed by atoms with E-state index in [2.05, 4.69) is 9.73 Å². The van der Waals surface area contributed by atoms with Crippen molar-refractivity contribution >= 4 is 28.6 Å². The molecule has 0 radical (unpaired) electrons. The molecule has 7 heteroatoms. The van der Waals surface area contributed by atoms with Gasteiger partial charge in [0.25, 0.3) is 0 Å². The number of nitrogens with one attached hydrogen (secondary N) is 1. The van der Waals surface area contributed by atoms with Gasteiger partial charge in [-0.2, -0.15) is 4.99 Å². The summed E-state index contributed by atoms with van der Waals surface area (Å²) < 4.78 is 9.40. The highest BCUT2D eigenvalue weighted by Crippen LogP contribution is 2.27. The van der Waals surface area contributed by atoms with Gasteiger partial charge in [0, 0.05) is 5.56 Å². The van der Waals surface area contributed by atoms with Crippen molar-refractivity contribution in [2.45, 2.75) is 0 Å². The second kappa shape index (κ2) is 6.79. The number of hydrogen-bond acceptors (Lipinski definition) is 6. The molecule has 0 heterocycles. The predicted molar refractivity (Wildman–Crippen MR) is 74.8 cm³/mol. The molecule has 0 fully saturated rings. The first-order chi connectivity index (χ1) is 9.03. The van der Waals surface area contributed by atoms with Gasteiger partial charge in [0.2, 0.25) is 0 Å². The second-order valence-corrected chi connectivity index (χ2v) is 4.15. The lowest BCUT2D eigenvalue weighted by molar-refractivity contribution is 0.183. The quantitative estimate of drug-likeness (QED) is 0.655. The van der Waals surface area contributed by atoms with Crippen LogP contribution in [0, 0.1) is 5.41 Å². The Morgan fingerprint density at radius 2 is 2.11 bits per heavy atom. The third-order valence-corrected chi connectivity index (χ3v) is 2.93. The molecule has 1 amide bonds. The van der Waals surface area contributed by atoms with Crippen LogP contribution in [0.25, 0.3) is 0 Å². The van der Waals surface area contributed by atoms with Crippen molar-refractivity contribution in [3.63, 3.8) is 0 Å². The van der Waals surface area contributed by atoms with E-state index in [1.165, 1.54) is 26.4 Å². The van der Waals surface area contributed by atoms with Crippen LogP contribution in [0.3, 0.4) is 0 Å². The summed E-state index contributed by atoms with van der Waals surface area (Å²) in [6.45, 7) is 0. The third-order valence-electron chi connectivity index (χ3n) is 2.24. The maximum Gasteiger partial charge on any atom is 0.434 e. The molecule has 0 aliphatic heterocycles. The molecule has 0 aromatic heterocycles. The summed E-state index contributed by atoms with van der Waals surface area (Å²) in [5, 5.41) is 17.7. The van der Waals surface area contributed by atoms with Gasteiger partial charge < -0.3 is 14.6 Å². The number of nitrogens with zero attached hydrogens (tertiary/aromatic N) is 1. The minimum Gasteiger partial charge on any atom is -0.504 e. The van der Waals surface area contributed by atoms with Crippen LogP contribution < -0.4 is 4.74 Å². The Morgan fingerprint density at radius 3 is 2.63 bits per heavy atom. The third kappa shape index (κ3) is 3.72. The minimum absolute atomic E-state index is 0.0188. The molecule has 0 spiro atoms. The van der Waals surface area contributed by atoms with Crippen LogP contribution in [0.1, 0.15) is 5.56 Å². The monoisotopic (exact) mass is 282 g/mol. The molecule has 102 valence electrons. The number of phenols is 1. The Kier molecular flexibility index (Phi) is 5.37. The molecule has 0 aliphatic rings. The lowest BCUT2D eigenvalue weighted by Crippen LogP contribution is -2.13. The maximum absolute atomic E-state index is 11.1. The number of phenolic OH excluding ortho intramolecular Hbond substituents is 1. The van der Waals surface area contributed by atoms with Crippen molar-refractivity contribution in [1.82, 2.24) is 0 Å². The molecule has 2 N–H and O–H groups in total. The fourth-order valence-corrected chi connectivity index (χ4v) is 1.78. The van der Waals surface area contributed by atoms with Crippen LogP contribution in [0.2, 0.25) is 0 Å². The topological polar surface area (TPSA) is 92.0 Å². The predicted octanol–water partition coefficient (Wildman–Crippen LogP) is 2.30. The highest BCUT2D eigenvalue weighted by atomic mass is 32.2. The molecule has 0 aliphatic carbocycles. The summed E-state index contributed by atoms with van der Waals surface area (Å²) >= 11 is 1.16. The normalized spacial score (nSPS) is 11.0. The van der Waals surface area contributed by atoms with E-state index >= 15 is 0 Å². The average Bonchev–Trinajstić information content (AvgIpc) is 2.44. The van der Waals surface area contributed by atoms with Crippen molar-refractivity contribution in [2.75, 3.05) is 20.5 Å². The van der Waals surface area contributed by atoms with Gasteiger partial charge in [0.1, 0.15) is 5.04 Å². The van der Waals surface area contributed by atoms with Crippen LogP contribution in [0.15, 0.2) is 23.2 Å². The number of benzene rings is 1. The minimum atomic E-state index is -0.764. The number of thioether (sulfide) groups is 1. The summed E-state index contributed by atoms with van der Waals surface area (Å²) in [7, 11) is 2.64. The van der Waals surface area contributed by atoms with E-state index in [1.54, 1.807) is 12.3 Å². The first-order valence-corrected chi connectivity index (χ1v) is 6.42. The Bertz CT molecular complexity index is 528. The van der Waals surface area contributed by atoms with Crippen molar-refractivity contribution < 1.29 is 19.4 Å². The Morgan fingerprint density at radius 1 is 1.42 bits per heavy atom. The molecule has 19 heavy (non-hydrogen) atoms. The number of carbonyl (C=O) groups is 1. The van der Waals surface area contributed by atoms with Gasteiger partial charge in [0.15, 0.2) is 11.5 Å². The summed E-state index contributed by atoms with van der Waals surface area (Å²) in [5.41, 5.74) is 0.530. The smallest absolute Gasteiger partial charge is 0.434 e. The number of carbonyl (C=O) groups excluding carboxylic acids is 1. The van der Waals surface area contributed by atoms with Crippen LogP contribution in [-0.2, 0) is 4.74 Å². The van der Waals surface area contributed by atoms with E-state index in [0.29, 0.717) is 5.56 Å². The molecule has 6 nitrogen and oxygen atoms in total. The van der Waals surface area contributed by atoms with E-state index in [4.69, 9.17) is 10.1 Å².